The molecule has 11 heteroatoms. The molecule has 3 aliphatic heterocycles. The number of carbonyl (C=O) groups is 3. The number of anilines is 1. The first kappa shape index (κ1) is 23.0. The van der Waals surface area contributed by atoms with Gasteiger partial charge in [-0.2, -0.15) is 18.4 Å². The van der Waals surface area contributed by atoms with E-state index in [0.29, 0.717) is 6.07 Å². The Bertz CT molecular complexity index is 1100. The summed E-state index contributed by atoms with van der Waals surface area (Å²) in [6.45, 7) is 6.62. The zero-order valence-corrected chi connectivity index (χ0v) is 18.3. The maximum absolute atomic E-state index is 13.4. The fourth-order valence-electron chi connectivity index (χ4n) is 5.40. The number of ether oxygens (including phenoxy) is 2. The first-order chi connectivity index (χ1) is 15.2. The van der Waals surface area contributed by atoms with Crippen LogP contribution in [0.1, 0.15) is 45.2 Å². The SMILES string of the molecule is CC(C)OC(=O)N[C@H]1C[C@@]2(C)O[C@@]1(C)[C@H]1C(=O)N(c3ccc(C#N)c(C(F)(F)F)c3)C(=O)[C@H]12. The van der Waals surface area contributed by atoms with Gasteiger partial charge in [-0.1, -0.05) is 0 Å². The zero-order valence-electron chi connectivity index (χ0n) is 18.3. The largest absolute Gasteiger partial charge is 0.447 e. The summed E-state index contributed by atoms with van der Waals surface area (Å²) in [7, 11) is 0. The van der Waals surface area contributed by atoms with Gasteiger partial charge in [0.15, 0.2) is 0 Å². The summed E-state index contributed by atoms with van der Waals surface area (Å²) in [5, 5.41) is 11.7. The fraction of sp³-hybridized carbons (Fsp3) is 0.545. The van der Waals surface area contributed by atoms with Crippen LogP contribution in [0.5, 0.6) is 0 Å². The van der Waals surface area contributed by atoms with Crippen molar-refractivity contribution in [3.05, 3.63) is 29.3 Å². The number of rotatable bonds is 3. The molecule has 3 heterocycles. The second-order valence-electron chi connectivity index (χ2n) is 9.26. The quantitative estimate of drug-likeness (QED) is 0.687. The number of amides is 3. The molecule has 0 aromatic heterocycles. The predicted molar refractivity (Wildman–Crippen MR) is 107 cm³/mol. The van der Waals surface area contributed by atoms with Crippen LogP contribution < -0.4 is 10.2 Å². The second-order valence-corrected chi connectivity index (χ2v) is 9.26. The number of alkyl halides is 3. The van der Waals surface area contributed by atoms with Gasteiger partial charge in [-0.15, -0.1) is 0 Å². The summed E-state index contributed by atoms with van der Waals surface area (Å²) in [5.41, 5.74) is -4.46. The molecule has 0 unspecified atom stereocenters. The van der Waals surface area contributed by atoms with E-state index in [0.717, 1.165) is 17.0 Å². The molecule has 1 aromatic carbocycles. The van der Waals surface area contributed by atoms with Crippen molar-refractivity contribution in [2.45, 2.75) is 63.6 Å². The van der Waals surface area contributed by atoms with Gasteiger partial charge in [0.05, 0.1) is 58.1 Å². The molecule has 3 saturated heterocycles. The first-order valence-electron chi connectivity index (χ1n) is 10.4. The van der Waals surface area contributed by atoms with Gasteiger partial charge in [-0.3, -0.25) is 9.59 Å². The number of nitrogens with zero attached hydrogens (tertiary/aromatic N) is 2. The lowest BCUT2D eigenvalue weighted by atomic mass is 9.66. The predicted octanol–water partition coefficient (Wildman–Crippen LogP) is 3.14. The van der Waals surface area contributed by atoms with Gasteiger partial charge in [-0.05, 0) is 45.9 Å². The highest BCUT2D eigenvalue weighted by Crippen LogP contribution is 2.61. The third-order valence-electron chi connectivity index (χ3n) is 6.66. The molecule has 3 amide bonds. The summed E-state index contributed by atoms with van der Waals surface area (Å²) < 4.78 is 51.5. The van der Waals surface area contributed by atoms with Crippen molar-refractivity contribution in [2.24, 2.45) is 11.8 Å². The Morgan fingerprint density at radius 3 is 2.48 bits per heavy atom. The van der Waals surface area contributed by atoms with E-state index < -0.39 is 64.3 Å². The maximum atomic E-state index is 13.4. The van der Waals surface area contributed by atoms with Crippen molar-refractivity contribution in [1.82, 2.24) is 5.32 Å². The number of nitriles is 1. The fourth-order valence-corrected chi connectivity index (χ4v) is 5.40. The molecule has 176 valence electrons. The number of hydrogen-bond acceptors (Lipinski definition) is 6. The number of nitrogens with one attached hydrogen (secondary N) is 1. The lowest BCUT2D eigenvalue weighted by molar-refractivity contribution is -0.138. The Hall–Kier alpha value is -3.13. The third-order valence-corrected chi connectivity index (χ3v) is 6.66. The lowest BCUT2D eigenvalue weighted by Crippen LogP contribution is -2.56. The molecule has 33 heavy (non-hydrogen) atoms. The highest BCUT2D eigenvalue weighted by Gasteiger charge is 2.76. The van der Waals surface area contributed by atoms with Gasteiger partial charge in [-0.25, -0.2) is 9.69 Å². The third kappa shape index (κ3) is 3.35. The maximum Gasteiger partial charge on any atom is 0.417 e. The summed E-state index contributed by atoms with van der Waals surface area (Å²) in [4.78, 5) is 39.6. The number of carbonyl (C=O) groups excluding carboxylic acids is 3. The van der Waals surface area contributed by atoms with E-state index in [-0.39, 0.29) is 18.2 Å². The van der Waals surface area contributed by atoms with Crippen LogP contribution >= 0.6 is 0 Å². The van der Waals surface area contributed by atoms with Gasteiger partial charge in [0.25, 0.3) is 0 Å². The smallest absolute Gasteiger partial charge is 0.417 e. The molecular weight excluding hydrogens is 443 g/mol. The van der Waals surface area contributed by atoms with Crippen LogP contribution in [0.15, 0.2) is 18.2 Å². The Kier molecular flexibility index (Phi) is 5.02. The summed E-state index contributed by atoms with van der Waals surface area (Å²) in [6.07, 6.45) is -5.67. The van der Waals surface area contributed by atoms with E-state index in [4.69, 9.17) is 14.7 Å². The molecule has 3 fully saturated rings. The molecule has 0 saturated carbocycles. The molecule has 2 bridgehead atoms. The Labute approximate surface area is 187 Å². The van der Waals surface area contributed by atoms with Gasteiger partial charge < -0.3 is 14.8 Å². The van der Waals surface area contributed by atoms with Gasteiger partial charge in [0, 0.05) is 6.42 Å². The first-order valence-corrected chi connectivity index (χ1v) is 10.4. The topological polar surface area (TPSA) is 109 Å². The van der Waals surface area contributed by atoms with Gasteiger partial charge in [0.2, 0.25) is 11.8 Å². The Balaban J connectivity index is 1.70. The minimum atomic E-state index is -4.84. The summed E-state index contributed by atoms with van der Waals surface area (Å²) >= 11 is 0. The van der Waals surface area contributed by atoms with Crippen molar-refractivity contribution in [3.63, 3.8) is 0 Å². The Morgan fingerprint density at radius 1 is 1.27 bits per heavy atom. The van der Waals surface area contributed by atoms with Gasteiger partial charge in [0.1, 0.15) is 0 Å². The van der Waals surface area contributed by atoms with E-state index in [2.05, 4.69) is 5.32 Å². The Morgan fingerprint density at radius 2 is 1.91 bits per heavy atom. The lowest BCUT2D eigenvalue weighted by Gasteiger charge is -2.35. The van der Waals surface area contributed by atoms with E-state index >= 15 is 0 Å². The average Bonchev–Trinajstić information content (AvgIpc) is 3.21. The van der Waals surface area contributed by atoms with Crippen LogP contribution in [0, 0.1) is 23.2 Å². The van der Waals surface area contributed by atoms with E-state index in [1.165, 1.54) is 6.07 Å². The van der Waals surface area contributed by atoms with Crippen molar-refractivity contribution in [3.8, 4) is 6.07 Å². The number of benzene rings is 1. The molecule has 0 radical (unpaired) electrons. The number of hydrogen-bond donors (Lipinski definition) is 1. The zero-order chi connectivity index (χ0) is 24.5. The minimum Gasteiger partial charge on any atom is -0.447 e. The van der Waals surface area contributed by atoms with E-state index in [9.17, 15) is 27.6 Å². The van der Waals surface area contributed by atoms with Crippen LogP contribution in [0.2, 0.25) is 0 Å². The van der Waals surface area contributed by atoms with E-state index in [1.54, 1.807) is 27.7 Å². The molecular formula is C22H22F3N3O5. The van der Waals surface area contributed by atoms with Crippen LogP contribution in [0.25, 0.3) is 0 Å². The average molecular weight is 465 g/mol. The van der Waals surface area contributed by atoms with Crippen molar-refractivity contribution in [1.29, 1.82) is 5.26 Å². The van der Waals surface area contributed by atoms with Crippen molar-refractivity contribution in [2.75, 3.05) is 4.90 Å². The molecule has 5 atom stereocenters. The molecule has 8 nitrogen and oxygen atoms in total. The van der Waals surface area contributed by atoms with Crippen molar-refractivity contribution < 1.29 is 37.0 Å². The second kappa shape index (κ2) is 7.18. The minimum absolute atomic E-state index is 0.228. The van der Waals surface area contributed by atoms with Crippen LogP contribution in [-0.2, 0) is 25.2 Å². The monoisotopic (exact) mass is 465 g/mol. The summed E-state index contributed by atoms with van der Waals surface area (Å²) in [6, 6.07) is 3.56. The van der Waals surface area contributed by atoms with Crippen LogP contribution in [-0.4, -0.2) is 41.3 Å². The standard InChI is InChI=1S/C22H22F3N3O5/c1-10(2)32-19(31)27-14-8-20(3)15-16(21(14,4)33-20)18(30)28(17(15)29)12-6-5-11(9-26)13(7-12)22(23,24)25/h5-7,10,14-16H,8H2,1-4H3,(H,27,31)/t14-,15-,16+,20+,21+/m0/s1. The molecule has 3 aliphatic rings. The van der Waals surface area contributed by atoms with Crippen LogP contribution in [0.4, 0.5) is 23.7 Å². The number of alkyl carbamates (subject to hydrolysis) is 1. The number of imide groups is 1. The molecule has 1 aromatic rings. The number of halogens is 3. The normalized spacial score (nSPS) is 32.8. The van der Waals surface area contributed by atoms with Gasteiger partial charge >= 0.3 is 12.3 Å². The van der Waals surface area contributed by atoms with Crippen LogP contribution in [0.3, 0.4) is 0 Å². The molecule has 0 aliphatic carbocycles. The highest BCUT2D eigenvalue weighted by atomic mass is 19.4. The molecule has 0 spiro atoms. The van der Waals surface area contributed by atoms with Crippen molar-refractivity contribution >= 4 is 23.6 Å². The van der Waals surface area contributed by atoms with E-state index in [1.807, 2.05) is 0 Å². The highest BCUT2D eigenvalue weighted by molar-refractivity contribution is 6.23. The summed E-state index contributed by atoms with van der Waals surface area (Å²) in [5.74, 6) is -3.30. The molecule has 1 N–H and O–H groups in total. The number of fused-ring (bicyclic) bond motifs is 5. The molecule has 4 rings (SSSR count).